The molecule has 0 bridgehead atoms. The molecule has 1 unspecified atom stereocenters. The highest BCUT2D eigenvalue weighted by Gasteiger charge is 2.43. The van der Waals surface area contributed by atoms with Gasteiger partial charge in [0.1, 0.15) is 0 Å². The summed E-state index contributed by atoms with van der Waals surface area (Å²) in [5.74, 6) is 0. The van der Waals surface area contributed by atoms with Gasteiger partial charge in [0.15, 0.2) is 0 Å². The molecule has 1 atom stereocenters. The van der Waals surface area contributed by atoms with Gasteiger partial charge >= 0.3 is 0 Å². The molecule has 0 aromatic rings. The van der Waals surface area contributed by atoms with E-state index in [-0.39, 0.29) is 11.7 Å². The number of hydrogen-bond acceptors (Lipinski definition) is 3. The molecule has 1 spiro atoms. The Bertz CT molecular complexity index is 254. The van der Waals surface area contributed by atoms with E-state index in [9.17, 15) is 5.11 Å². The van der Waals surface area contributed by atoms with Crippen LogP contribution in [0.25, 0.3) is 0 Å². The van der Waals surface area contributed by atoms with Gasteiger partial charge in [-0.3, -0.25) is 0 Å². The minimum absolute atomic E-state index is 0.0810. The van der Waals surface area contributed by atoms with Gasteiger partial charge in [0.2, 0.25) is 0 Å². The molecular weight excluding hydrogens is 216 g/mol. The van der Waals surface area contributed by atoms with Crippen LogP contribution in [0.2, 0.25) is 0 Å². The Hall–Kier alpha value is -0.120. The van der Waals surface area contributed by atoms with Gasteiger partial charge in [-0.25, -0.2) is 0 Å². The largest absolute Gasteiger partial charge is 0.393 e. The summed E-state index contributed by atoms with van der Waals surface area (Å²) in [6.45, 7) is 0.875. The lowest BCUT2D eigenvalue weighted by Gasteiger charge is -2.47. The quantitative estimate of drug-likeness (QED) is 0.805. The van der Waals surface area contributed by atoms with Gasteiger partial charge in [0.05, 0.1) is 23.9 Å². The molecule has 1 aliphatic heterocycles. The topological polar surface area (TPSA) is 38.7 Å². The Morgan fingerprint density at radius 1 is 1.00 bits per heavy atom. The SMILES string of the molecule is OC1CCC(OC2CCOC3(CCC3)C2)CC1. The van der Waals surface area contributed by atoms with Crippen LogP contribution in [-0.2, 0) is 9.47 Å². The molecule has 3 aliphatic rings. The lowest BCUT2D eigenvalue weighted by molar-refractivity contribution is -0.182. The molecule has 98 valence electrons. The van der Waals surface area contributed by atoms with Crippen LogP contribution in [0.5, 0.6) is 0 Å². The molecule has 3 nitrogen and oxygen atoms in total. The van der Waals surface area contributed by atoms with Crippen molar-refractivity contribution in [1.82, 2.24) is 0 Å². The minimum atomic E-state index is -0.0810. The maximum absolute atomic E-state index is 9.49. The van der Waals surface area contributed by atoms with E-state index in [2.05, 4.69) is 0 Å². The van der Waals surface area contributed by atoms with E-state index < -0.39 is 0 Å². The zero-order valence-electron chi connectivity index (χ0n) is 10.6. The van der Waals surface area contributed by atoms with Gasteiger partial charge in [-0.2, -0.15) is 0 Å². The van der Waals surface area contributed by atoms with Crippen molar-refractivity contribution in [2.45, 2.75) is 81.7 Å². The molecule has 0 aromatic heterocycles. The molecule has 1 saturated heterocycles. The number of hydrogen-bond donors (Lipinski definition) is 1. The summed E-state index contributed by atoms with van der Waals surface area (Å²) in [6.07, 6.45) is 10.6. The van der Waals surface area contributed by atoms with Crippen LogP contribution in [0, 0.1) is 0 Å². The zero-order valence-corrected chi connectivity index (χ0v) is 10.6. The summed E-state index contributed by atoms with van der Waals surface area (Å²) in [5.41, 5.74) is 0.192. The predicted molar refractivity (Wildman–Crippen MR) is 64.9 cm³/mol. The first-order valence-electron chi connectivity index (χ1n) is 7.23. The number of aliphatic hydroxyl groups excluding tert-OH is 1. The van der Waals surface area contributed by atoms with Crippen LogP contribution in [0.15, 0.2) is 0 Å². The standard InChI is InChI=1S/C14H24O3/c15-11-2-4-12(5-3-11)17-13-6-9-16-14(10-13)7-1-8-14/h11-13,15H,1-10H2. The minimum Gasteiger partial charge on any atom is -0.393 e. The second kappa shape index (κ2) is 4.87. The van der Waals surface area contributed by atoms with Gasteiger partial charge in [0, 0.05) is 13.0 Å². The summed E-state index contributed by atoms with van der Waals surface area (Å²) < 4.78 is 12.1. The highest BCUT2D eigenvalue weighted by Crippen LogP contribution is 2.43. The smallest absolute Gasteiger partial charge is 0.0707 e. The first-order valence-corrected chi connectivity index (χ1v) is 7.23. The highest BCUT2D eigenvalue weighted by atomic mass is 16.5. The molecule has 0 radical (unpaired) electrons. The van der Waals surface area contributed by atoms with Crippen LogP contribution in [0.1, 0.15) is 57.8 Å². The lowest BCUT2D eigenvalue weighted by Crippen LogP contribution is -2.48. The third-order valence-electron chi connectivity index (χ3n) is 4.74. The van der Waals surface area contributed by atoms with Gasteiger partial charge in [-0.05, 0) is 51.4 Å². The molecule has 2 aliphatic carbocycles. The van der Waals surface area contributed by atoms with Crippen LogP contribution in [0.4, 0.5) is 0 Å². The Morgan fingerprint density at radius 3 is 2.41 bits per heavy atom. The second-order valence-electron chi connectivity index (χ2n) is 6.07. The Morgan fingerprint density at radius 2 is 1.76 bits per heavy atom. The van der Waals surface area contributed by atoms with E-state index in [1.165, 1.54) is 19.3 Å². The molecular formula is C14H24O3. The fraction of sp³-hybridized carbons (Fsp3) is 1.00. The molecule has 0 amide bonds. The van der Waals surface area contributed by atoms with Crippen molar-refractivity contribution in [3.63, 3.8) is 0 Å². The van der Waals surface area contributed by atoms with Crippen LogP contribution in [0.3, 0.4) is 0 Å². The maximum Gasteiger partial charge on any atom is 0.0707 e. The molecule has 3 fully saturated rings. The van der Waals surface area contributed by atoms with E-state index in [1.807, 2.05) is 0 Å². The monoisotopic (exact) mass is 240 g/mol. The van der Waals surface area contributed by atoms with Gasteiger partial charge in [-0.15, -0.1) is 0 Å². The predicted octanol–water partition coefficient (Wildman–Crippen LogP) is 2.41. The zero-order chi connectivity index (χ0) is 11.7. The Balaban J connectivity index is 1.48. The molecule has 1 heterocycles. The lowest BCUT2D eigenvalue weighted by atomic mass is 9.74. The fourth-order valence-corrected chi connectivity index (χ4v) is 3.47. The first kappa shape index (κ1) is 11.9. The van der Waals surface area contributed by atoms with Crippen molar-refractivity contribution in [2.24, 2.45) is 0 Å². The third-order valence-corrected chi connectivity index (χ3v) is 4.74. The average Bonchev–Trinajstić information content (AvgIpc) is 2.31. The van der Waals surface area contributed by atoms with Crippen LogP contribution in [-0.4, -0.2) is 35.6 Å². The molecule has 3 rings (SSSR count). The van der Waals surface area contributed by atoms with E-state index in [0.29, 0.717) is 12.2 Å². The highest BCUT2D eigenvalue weighted by molar-refractivity contribution is 4.94. The Labute approximate surface area is 103 Å². The summed E-state index contributed by atoms with van der Waals surface area (Å²) in [7, 11) is 0. The second-order valence-corrected chi connectivity index (χ2v) is 6.07. The van der Waals surface area contributed by atoms with Crippen molar-refractivity contribution in [3.8, 4) is 0 Å². The summed E-state index contributed by atoms with van der Waals surface area (Å²) in [5, 5.41) is 9.49. The fourth-order valence-electron chi connectivity index (χ4n) is 3.47. The number of ether oxygens (including phenoxy) is 2. The number of rotatable bonds is 2. The molecule has 17 heavy (non-hydrogen) atoms. The number of aliphatic hydroxyl groups is 1. The van der Waals surface area contributed by atoms with Crippen molar-refractivity contribution in [3.05, 3.63) is 0 Å². The van der Waals surface area contributed by atoms with E-state index in [0.717, 1.165) is 45.1 Å². The summed E-state index contributed by atoms with van der Waals surface area (Å²) in [4.78, 5) is 0. The van der Waals surface area contributed by atoms with E-state index in [1.54, 1.807) is 0 Å². The molecule has 3 heteroatoms. The average molecular weight is 240 g/mol. The van der Waals surface area contributed by atoms with E-state index in [4.69, 9.17) is 9.47 Å². The molecule has 0 aromatic carbocycles. The van der Waals surface area contributed by atoms with Gasteiger partial charge < -0.3 is 14.6 Å². The maximum atomic E-state index is 9.49. The third kappa shape index (κ3) is 2.67. The first-order chi connectivity index (χ1) is 8.26. The van der Waals surface area contributed by atoms with Crippen LogP contribution >= 0.6 is 0 Å². The summed E-state index contributed by atoms with van der Waals surface area (Å²) >= 11 is 0. The normalized spacial score (nSPS) is 41.1. The van der Waals surface area contributed by atoms with Crippen molar-refractivity contribution in [1.29, 1.82) is 0 Å². The Kier molecular flexibility index (Phi) is 3.42. The van der Waals surface area contributed by atoms with E-state index >= 15 is 0 Å². The molecule has 2 saturated carbocycles. The summed E-state index contributed by atoms with van der Waals surface area (Å²) in [6, 6.07) is 0. The van der Waals surface area contributed by atoms with Gasteiger partial charge in [0.25, 0.3) is 0 Å². The van der Waals surface area contributed by atoms with Crippen molar-refractivity contribution < 1.29 is 14.6 Å². The molecule has 1 N–H and O–H groups in total. The van der Waals surface area contributed by atoms with Crippen LogP contribution < -0.4 is 0 Å². The van der Waals surface area contributed by atoms with Gasteiger partial charge in [-0.1, -0.05) is 0 Å². The van der Waals surface area contributed by atoms with Crippen molar-refractivity contribution in [2.75, 3.05) is 6.61 Å². The van der Waals surface area contributed by atoms with Crippen molar-refractivity contribution >= 4 is 0 Å².